The van der Waals surface area contributed by atoms with Crippen molar-refractivity contribution < 1.29 is 22.4 Å². The second-order valence-corrected chi connectivity index (χ2v) is 4.65. The van der Waals surface area contributed by atoms with E-state index >= 15 is 0 Å². The largest absolute Gasteiger partial charge is 0.381 e. The molecule has 0 spiro atoms. The molecule has 16 heavy (non-hydrogen) atoms. The zero-order valence-corrected chi connectivity index (χ0v) is 10.5. The normalized spacial score (nSPS) is 10.6. The van der Waals surface area contributed by atoms with Gasteiger partial charge in [-0.15, -0.1) is 0 Å². The number of unbranched alkanes of at least 4 members (excludes halogenated alkanes) is 2. The zero-order chi connectivity index (χ0) is 12.3. The summed E-state index contributed by atoms with van der Waals surface area (Å²) in [5, 5.41) is 0. The van der Waals surface area contributed by atoms with Gasteiger partial charge in [-0.05, 0) is 17.7 Å². The van der Waals surface area contributed by atoms with Gasteiger partial charge in [0.1, 0.15) is 5.75 Å². The smallest absolute Gasteiger partial charge is 0.306 e. The van der Waals surface area contributed by atoms with E-state index in [9.17, 15) is 8.42 Å². The van der Waals surface area contributed by atoms with Crippen LogP contribution < -0.4 is 0 Å². The van der Waals surface area contributed by atoms with Crippen molar-refractivity contribution in [2.45, 2.75) is 33.1 Å². The fourth-order valence-corrected chi connectivity index (χ4v) is 1.28. The third kappa shape index (κ3) is 9.77. The molecule has 0 aromatic carbocycles. The average molecular weight is 250 g/mol. The SMILES string of the molecule is CCCCC#COOS(=O)(=O)CCOCC. The molecule has 0 bridgehead atoms. The standard InChI is InChI=1S/C10H18O5S/c1-3-5-6-7-8-14-15-16(11,12)10-9-13-4-2/h3-6,9-10H2,1-2H3. The van der Waals surface area contributed by atoms with E-state index in [0.29, 0.717) is 13.0 Å². The molecule has 6 heteroatoms. The lowest BCUT2D eigenvalue weighted by molar-refractivity contribution is -0.127. The lowest BCUT2D eigenvalue weighted by Crippen LogP contribution is -2.14. The molecular formula is C10H18O5S. The summed E-state index contributed by atoms with van der Waals surface area (Å²) in [6.07, 6.45) is 4.82. The minimum Gasteiger partial charge on any atom is -0.381 e. The zero-order valence-electron chi connectivity index (χ0n) is 9.69. The third-order valence-corrected chi connectivity index (χ3v) is 2.53. The summed E-state index contributed by atoms with van der Waals surface area (Å²) in [7, 11) is -3.70. The molecular weight excluding hydrogens is 232 g/mol. The highest BCUT2D eigenvalue weighted by Crippen LogP contribution is 1.95. The van der Waals surface area contributed by atoms with E-state index in [-0.39, 0.29) is 12.4 Å². The van der Waals surface area contributed by atoms with Gasteiger partial charge in [-0.25, -0.2) is 0 Å². The summed E-state index contributed by atoms with van der Waals surface area (Å²) < 4.78 is 31.3. The Morgan fingerprint density at radius 3 is 2.62 bits per heavy atom. The first-order valence-electron chi connectivity index (χ1n) is 5.25. The van der Waals surface area contributed by atoms with Crippen molar-refractivity contribution in [3.8, 4) is 12.0 Å². The lowest BCUT2D eigenvalue weighted by Gasteiger charge is -2.00. The number of ether oxygens (including phenoxy) is 1. The van der Waals surface area contributed by atoms with Crippen LogP contribution in [0.4, 0.5) is 0 Å². The van der Waals surface area contributed by atoms with Gasteiger partial charge in [-0.2, -0.15) is 8.42 Å². The minimum absolute atomic E-state index is 0.0887. The molecule has 0 aromatic heterocycles. The molecule has 0 saturated carbocycles. The summed E-state index contributed by atoms with van der Waals surface area (Å²) in [5.41, 5.74) is 0. The first-order valence-corrected chi connectivity index (χ1v) is 6.83. The van der Waals surface area contributed by atoms with E-state index < -0.39 is 10.1 Å². The van der Waals surface area contributed by atoms with Crippen LogP contribution in [-0.4, -0.2) is 27.4 Å². The molecule has 94 valence electrons. The molecule has 0 aliphatic heterocycles. The van der Waals surface area contributed by atoms with Gasteiger partial charge in [0, 0.05) is 13.0 Å². The number of hydrogen-bond acceptors (Lipinski definition) is 5. The molecule has 0 amide bonds. The molecule has 5 nitrogen and oxygen atoms in total. The van der Waals surface area contributed by atoms with Crippen LogP contribution in [-0.2, 0) is 24.1 Å². The van der Waals surface area contributed by atoms with Gasteiger partial charge in [0.15, 0.2) is 6.11 Å². The summed E-state index contributed by atoms with van der Waals surface area (Å²) in [6.45, 7) is 4.37. The van der Waals surface area contributed by atoms with Crippen LogP contribution in [0.2, 0.25) is 0 Å². The van der Waals surface area contributed by atoms with Crippen LogP contribution in [0.5, 0.6) is 0 Å². The van der Waals surface area contributed by atoms with Crippen LogP contribution >= 0.6 is 0 Å². The average Bonchev–Trinajstić information content (AvgIpc) is 2.23. The van der Waals surface area contributed by atoms with Crippen molar-refractivity contribution in [2.75, 3.05) is 19.0 Å². The van der Waals surface area contributed by atoms with Crippen molar-refractivity contribution in [1.29, 1.82) is 0 Å². The molecule has 0 atom stereocenters. The Morgan fingerprint density at radius 2 is 2.00 bits per heavy atom. The van der Waals surface area contributed by atoms with Gasteiger partial charge in [0.05, 0.1) is 6.61 Å². The van der Waals surface area contributed by atoms with E-state index in [4.69, 9.17) is 4.74 Å². The van der Waals surface area contributed by atoms with Gasteiger partial charge in [0.25, 0.3) is 0 Å². The van der Waals surface area contributed by atoms with Gasteiger partial charge in [-0.1, -0.05) is 19.3 Å². The Morgan fingerprint density at radius 1 is 1.25 bits per heavy atom. The van der Waals surface area contributed by atoms with Crippen LogP contribution in [0.3, 0.4) is 0 Å². The fourth-order valence-electron chi connectivity index (χ4n) is 0.754. The van der Waals surface area contributed by atoms with Gasteiger partial charge in [0.2, 0.25) is 0 Å². The van der Waals surface area contributed by atoms with E-state index in [0.717, 1.165) is 12.8 Å². The third-order valence-electron chi connectivity index (χ3n) is 1.59. The highest BCUT2D eigenvalue weighted by atomic mass is 32.2. The Kier molecular flexibility index (Phi) is 9.00. The summed E-state index contributed by atoms with van der Waals surface area (Å²) in [4.78, 5) is 4.27. The number of hydrogen-bond donors (Lipinski definition) is 0. The molecule has 0 saturated heterocycles. The molecule has 0 aliphatic carbocycles. The molecule has 0 N–H and O–H groups in total. The van der Waals surface area contributed by atoms with Crippen molar-refractivity contribution in [1.82, 2.24) is 0 Å². The van der Waals surface area contributed by atoms with Crippen molar-refractivity contribution in [2.24, 2.45) is 0 Å². The fraction of sp³-hybridized carbons (Fsp3) is 0.800. The second kappa shape index (κ2) is 9.46. The van der Waals surface area contributed by atoms with Crippen molar-refractivity contribution >= 4 is 10.1 Å². The highest BCUT2D eigenvalue weighted by molar-refractivity contribution is 7.86. The summed E-state index contributed by atoms with van der Waals surface area (Å²) in [5.74, 6) is 2.39. The monoisotopic (exact) mass is 250 g/mol. The predicted molar refractivity (Wildman–Crippen MR) is 59.8 cm³/mol. The van der Waals surface area contributed by atoms with E-state index in [1.54, 1.807) is 6.92 Å². The Balaban J connectivity index is 3.68. The highest BCUT2D eigenvalue weighted by Gasteiger charge is 2.11. The summed E-state index contributed by atoms with van der Waals surface area (Å²) >= 11 is 0. The van der Waals surface area contributed by atoms with E-state index in [2.05, 4.69) is 21.2 Å². The molecule has 0 aliphatic rings. The van der Waals surface area contributed by atoms with Crippen molar-refractivity contribution in [3.63, 3.8) is 0 Å². The van der Waals surface area contributed by atoms with Gasteiger partial charge >= 0.3 is 10.1 Å². The van der Waals surface area contributed by atoms with Gasteiger partial charge < -0.3 is 4.74 Å². The summed E-state index contributed by atoms with van der Waals surface area (Å²) in [6, 6.07) is 0. The quantitative estimate of drug-likeness (QED) is 0.282. The molecule has 0 heterocycles. The second-order valence-electron chi connectivity index (χ2n) is 2.99. The molecule has 0 unspecified atom stereocenters. The van der Waals surface area contributed by atoms with Crippen LogP contribution in [0.15, 0.2) is 0 Å². The van der Waals surface area contributed by atoms with Crippen LogP contribution in [0.25, 0.3) is 0 Å². The van der Waals surface area contributed by atoms with E-state index in [1.165, 1.54) is 0 Å². The molecule has 0 aromatic rings. The predicted octanol–water partition coefficient (Wildman–Crippen LogP) is 1.45. The maximum Gasteiger partial charge on any atom is 0.306 e. The van der Waals surface area contributed by atoms with Gasteiger partial charge in [-0.3, -0.25) is 4.89 Å². The Labute approximate surface area is 97.1 Å². The van der Waals surface area contributed by atoms with Crippen LogP contribution in [0, 0.1) is 12.0 Å². The molecule has 0 radical (unpaired) electrons. The van der Waals surface area contributed by atoms with Crippen LogP contribution in [0.1, 0.15) is 33.1 Å². The topological polar surface area (TPSA) is 61.8 Å². The molecule has 0 fully saturated rings. The maximum absolute atomic E-state index is 11.1. The number of rotatable bonds is 8. The Hall–Kier alpha value is -0.770. The maximum atomic E-state index is 11.1. The first kappa shape index (κ1) is 15.2. The molecule has 0 rings (SSSR count). The van der Waals surface area contributed by atoms with E-state index in [1.807, 2.05) is 6.92 Å². The van der Waals surface area contributed by atoms with Crippen molar-refractivity contribution in [3.05, 3.63) is 0 Å². The Bertz CT molecular complexity index is 312. The first-order chi connectivity index (χ1) is 7.62. The lowest BCUT2D eigenvalue weighted by atomic mass is 10.3. The minimum atomic E-state index is -3.70.